The van der Waals surface area contributed by atoms with Crippen molar-refractivity contribution in [1.82, 2.24) is 23.2 Å². The van der Waals surface area contributed by atoms with Crippen LogP contribution in [-0.4, -0.2) is 68.8 Å². The fraction of sp³-hybridized carbons (Fsp3) is 0.308. The summed E-state index contributed by atoms with van der Waals surface area (Å²) in [4.78, 5) is 8.27. The summed E-state index contributed by atoms with van der Waals surface area (Å²) < 4.78 is 52.3. The number of nitrogens with one attached hydrogen (secondary N) is 1. The molecule has 0 amide bonds. The summed E-state index contributed by atoms with van der Waals surface area (Å²) in [7, 11) is -4.41. The van der Waals surface area contributed by atoms with Crippen LogP contribution in [0.25, 0.3) is 0 Å². The van der Waals surface area contributed by atoms with Crippen LogP contribution >= 0.6 is 23.2 Å². The first kappa shape index (κ1) is 22.5. The number of sulfonamides is 1. The summed E-state index contributed by atoms with van der Waals surface area (Å²) in [5, 5.41) is 7.20. The van der Waals surface area contributed by atoms with Gasteiger partial charge in [-0.2, -0.15) is 12.7 Å². The van der Waals surface area contributed by atoms with E-state index in [4.69, 9.17) is 28.0 Å². The minimum atomic E-state index is -4.25. The van der Waals surface area contributed by atoms with Gasteiger partial charge < -0.3 is 4.84 Å². The maximum absolute atomic E-state index is 12.4. The average Bonchev–Trinajstić information content (AvgIpc) is 3.09. The number of hydrogen-bond donors (Lipinski definition) is 1. The normalized spacial score (nSPS) is 13.1. The lowest BCUT2D eigenvalue weighted by Gasteiger charge is -2.10. The third kappa shape index (κ3) is 5.18. The molecule has 2 rings (SSSR count). The van der Waals surface area contributed by atoms with Gasteiger partial charge in [-0.25, -0.2) is 18.1 Å². The lowest BCUT2D eigenvalue weighted by Crippen LogP contribution is -2.32. The zero-order chi connectivity index (χ0) is 21.1. The number of oxime groups is 1. The van der Waals surface area contributed by atoms with Gasteiger partial charge >= 0.3 is 10.2 Å². The molecular weight excluding hydrogens is 455 g/mol. The molecule has 0 fully saturated rings. The van der Waals surface area contributed by atoms with E-state index < -0.39 is 25.4 Å². The number of rotatable bonds is 8. The first-order chi connectivity index (χ1) is 13.0. The van der Waals surface area contributed by atoms with Crippen molar-refractivity contribution >= 4 is 49.1 Å². The second-order valence-corrected chi connectivity index (χ2v) is 9.93. The van der Waals surface area contributed by atoms with Crippen LogP contribution < -0.4 is 4.72 Å². The van der Waals surface area contributed by atoms with Crippen LogP contribution in [-0.2, 0) is 25.1 Å². The van der Waals surface area contributed by atoms with E-state index in [9.17, 15) is 16.8 Å². The monoisotopic (exact) mass is 470 g/mol. The van der Waals surface area contributed by atoms with Crippen molar-refractivity contribution in [2.75, 3.05) is 27.7 Å². The van der Waals surface area contributed by atoms with Gasteiger partial charge in [-0.05, 0) is 18.2 Å². The van der Waals surface area contributed by atoms with E-state index in [1.807, 2.05) is 0 Å². The number of nitrogens with zero attached hydrogens (tertiary/aromatic N) is 5. The molecule has 0 aliphatic carbocycles. The maximum atomic E-state index is 12.4. The van der Waals surface area contributed by atoms with Crippen LogP contribution in [0, 0.1) is 0 Å². The average molecular weight is 471 g/mol. The van der Waals surface area contributed by atoms with Crippen molar-refractivity contribution in [2.24, 2.45) is 5.16 Å². The predicted molar refractivity (Wildman–Crippen MR) is 103 cm³/mol. The van der Waals surface area contributed by atoms with E-state index in [-0.39, 0.29) is 12.3 Å². The summed E-state index contributed by atoms with van der Waals surface area (Å²) in [6.45, 7) is -0.318. The molecule has 0 aliphatic rings. The molecule has 1 aromatic heterocycles. The molecule has 11 nitrogen and oxygen atoms in total. The molecule has 0 atom stereocenters. The van der Waals surface area contributed by atoms with Crippen molar-refractivity contribution < 1.29 is 21.7 Å². The fourth-order valence-electron chi connectivity index (χ4n) is 1.88. The lowest BCUT2D eigenvalue weighted by atomic mass is 10.1. The molecule has 0 aliphatic heterocycles. The summed E-state index contributed by atoms with van der Waals surface area (Å²) in [5.74, 6) is 0. The number of halogens is 2. The van der Waals surface area contributed by atoms with E-state index in [2.05, 4.69) is 20.0 Å². The highest BCUT2D eigenvalue weighted by molar-refractivity contribution is 7.89. The van der Waals surface area contributed by atoms with Gasteiger partial charge in [0.15, 0.2) is 0 Å². The van der Waals surface area contributed by atoms with Crippen molar-refractivity contribution in [3.05, 3.63) is 40.1 Å². The molecule has 0 spiro atoms. The molecule has 154 valence electrons. The summed E-state index contributed by atoms with van der Waals surface area (Å²) in [6.07, 6.45) is 0.783. The number of aromatic nitrogens is 3. The standard InChI is InChI=1S/C13H16Cl2N6O5S2/c1-20(2)28(24,25)21-8-16-13(18-21)27(22,23)17-7-12(19-26-3)9-4-10(14)6-11(15)5-9/h4-6,8,17H,7H2,1-3H3/b19-12+. The molecular formula is C13H16Cl2N6O5S2. The zero-order valence-electron chi connectivity index (χ0n) is 14.9. The van der Waals surface area contributed by atoms with Crippen LogP contribution in [0.3, 0.4) is 0 Å². The van der Waals surface area contributed by atoms with E-state index in [1.54, 1.807) is 0 Å². The van der Waals surface area contributed by atoms with Gasteiger partial charge in [0.1, 0.15) is 19.1 Å². The van der Waals surface area contributed by atoms with Gasteiger partial charge in [0.2, 0.25) is 0 Å². The molecule has 0 saturated carbocycles. The second-order valence-electron chi connectivity index (χ2n) is 5.39. The molecule has 1 N–H and O–H groups in total. The van der Waals surface area contributed by atoms with Crippen LogP contribution in [0.4, 0.5) is 0 Å². The summed E-state index contributed by atoms with van der Waals surface area (Å²) >= 11 is 11.9. The SMILES string of the molecule is CO/N=C(\CNS(=O)(=O)c1ncn(S(=O)(=O)N(C)C)n1)c1cc(Cl)cc(Cl)c1. The Labute approximate surface area is 172 Å². The Hall–Kier alpha value is -1.77. The van der Waals surface area contributed by atoms with E-state index in [1.165, 1.54) is 39.4 Å². The molecule has 0 saturated heterocycles. The molecule has 0 unspecified atom stereocenters. The van der Waals surface area contributed by atoms with Crippen molar-refractivity contribution in [2.45, 2.75) is 5.16 Å². The Balaban J connectivity index is 2.26. The maximum Gasteiger partial charge on any atom is 0.323 e. The molecule has 15 heteroatoms. The van der Waals surface area contributed by atoms with Gasteiger partial charge in [0.25, 0.3) is 15.2 Å². The Morgan fingerprint density at radius 2 is 1.82 bits per heavy atom. The second kappa shape index (κ2) is 8.71. The van der Waals surface area contributed by atoms with E-state index in [0.717, 1.165) is 10.6 Å². The Bertz CT molecular complexity index is 1080. The van der Waals surface area contributed by atoms with E-state index >= 15 is 0 Å². The fourth-order valence-corrected chi connectivity index (χ4v) is 3.98. The van der Waals surface area contributed by atoms with Gasteiger partial charge in [-0.1, -0.05) is 28.4 Å². The van der Waals surface area contributed by atoms with Gasteiger partial charge in [-0.3, -0.25) is 0 Å². The van der Waals surface area contributed by atoms with Crippen molar-refractivity contribution in [1.29, 1.82) is 0 Å². The Kier molecular flexibility index (Phi) is 7.01. The molecule has 0 radical (unpaired) electrons. The summed E-state index contributed by atoms with van der Waals surface area (Å²) in [6, 6.07) is 4.55. The predicted octanol–water partition coefficient (Wildman–Crippen LogP) is 0.568. The highest BCUT2D eigenvalue weighted by atomic mass is 35.5. The highest BCUT2D eigenvalue weighted by Crippen LogP contribution is 2.20. The zero-order valence-corrected chi connectivity index (χ0v) is 18.0. The smallest absolute Gasteiger partial charge is 0.323 e. The lowest BCUT2D eigenvalue weighted by molar-refractivity contribution is 0.213. The third-order valence-electron chi connectivity index (χ3n) is 3.22. The topological polar surface area (TPSA) is 136 Å². The first-order valence-corrected chi connectivity index (χ1v) is 11.0. The van der Waals surface area contributed by atoms with Crippen LogP contribution in [0.5, 0.6) is 0 Å². The Morgan fingerprint density at radius 3 is 2.36 bits per heavy atom. The van der Waals surface area contributed by atoms with Gasteiger partial charge in [-0.15, -0.1) is 9.19 Å². The van der Waals surface area contributed by atoms with Crippen LogP contribution in [0.15, 0.2) is 34.8 Å². The van der Waals surface area contributed by atoms with E-state index in [0.29, 0.717) is 19.7 Å². The third-order valence-corrected chi connectivity index (χ3v) is 6.42. The van der Waals surface area contributed by atoms with Crippen LogP contribution in [0.1, 0.15) is 5.56 Å². The molecule has 2 aromatic rings. The van der Waals surface area contributed by atoms with Gasteiger partial charge in [0.05, 0.1) is 6.54 Å². The molecule has 0 bridgehead atoms. The number of hydrogen-bond acceptors (Lipinski definition) is 8. The molecule has 1 heterocycles. The van der Waals surface area contributed by atoms with Gasteiger partial charge in [0, 0.05) is 29.7 Å². The van der Waals surface area contributed by atoms with Crippen molar-refractivity contribution in [3.8, 4) is 0 Å². The van der Waals surface area contributed by atoms with Crippen molar-refractivity contribution in [3.63, 3.8) is 0 Å². The Morgan fingerprint density at radius 1 is 1.21 bits per heavy atom. The quantitative estimate of drug-likeness (QED) is 0.439. The minimum Gasteiger partial charge on any atom is -0.399 e. The number of benzene rings is 1. The highest BCUT2D eigenvalue weighted by Gasteiger charge is 2.25. The summed E-state index contributed by atoms with van der Waals surface area (Å²) in [5.41, 5.74) is 0.603. The van der Waals surface area contributed by atoms with Crippen LogP contribution in [0.2, 0.25) is 10.0 Å². The first-order valence-electron chi connectivity index (χ1n) is 7.38. The molecule has 1 aromatic carbocycles. The largest absolute Gasteiger partial charge is 0.399 e. The molecule has 28 heavy (non-hydrogen) atoms. The minimum absolute atomic E-state index is 0.177.